The van der Waals surface area contributed by atoms with Crippen molar-refractivity contribution in [2.24, 2.45) is 0 Å². The first-order chi connectivity index (χ1) is 14.7. The molecule has 2 aromatic carbocycles. The minimum atomic E-state index is -3.36. The zero-order valence-electron chi connectivity index (χ0n) is 16.7. The van der Waals surface area contributed by atoms with E-state index in [1.54, 1.807) is 12.1 Å². The third-order valence-electron chi connectivity index (χ3n) is 5.55. The second-order valence-corrected chi connectivity index (χ2v) is 10.6. The fraction of sp³-hybridized carbons (Fsp3) is 0.381. The van der Waals surface area contributed by atoms with Gasteiger partial charge < -0.3 is 15.3 Å². The first-order valence-electron chi connectivity index (χ1n) is 10.1. The van der Waals surface area contributed by atoms with Crippen molar-refractivity contribution in [3.8, 4) is 0 Å². The Morgan fingerprint density at radius 3 is 2.45 bits per heavy atom. The van der Waals surface area contributed by atoms with Crippen LogP contribution >= 0.6 is 23.2 Å². The molecule has 2 aliphatic rings. The van der Waals surface area contributed by atoms with Crippen molar-refractivity contribution in [1.29, 1.82) is 0 Å². The third-order valence-corrected chi connectivity index (χ3v) is 7.97. The van der Waals surface area contributed by atoms with E-state index in [0.717, 1.165) is 5.69 Å². The van der Waals surface area contributed by atoms with Crippen molar-refractivity contribution < 1.29 is 18.3 Å². The average molecular weight is 484 g/mol. The van der Waals surface area contributed by atoms with Gasteiger partial charge in [0, 0.05) is 36.0 Å². The summed E-state index contributed by atoms with van der Waals surface area (Å²) in [5.74, 6) is -0.360. The molecule has 0 spiro atoms. The lowest BCUT2D eigenvalue weighted by Gasteiger charge is -2.31. The van der Waals surface area contributed by atoms with Gasteiger partial charge in [-0.1, -0.05) is 23.2 Å². The number of aliphatic hydroxyl groups is 1. The van der Waals surface area contributed by atoms with Crippen molar-refractivity contribution in [1.82, 2.24) is 0 Å². The standard InChI is InChI=1S/C21H23Cl2N3O4S/c22-14-10-15(12-17(11-14)25-7-4-18(27)5-8-25)24-21(28)19-13-16(2-3-20(19)23)26-6-1-9-31(26,29)30/h2-3,10-13,18,27H,1,4-9H2,(H,24,28). The van der Waals surface area contributed by atoms with E-state index >= 15 is 0 Å². The Morgan fingerprint density at radius 2 is 1.77 bits per heavy atom. The molecule has 2 fully saturated rings. The Morgan fingerprint density at radius 1 is 1.03 bits per heavy atom. The minimum Gasteiger partial charge on any atom is -0.393 e. The van der Waals surface area contributed by atoms with Crippen molar-refractivity contribution in [2.45, 2.75) is 25.4 Å². The number of halogens is 2. The summed E-state index contributed by atoms with van der Waals surface area (Å²) in [5.41, 5.74) is 1.97. The molecule has 2 N–H and O–H groups in total. The number of sulfonamides is 1. The maximum absolute atomic E-state index is 13.0. The monoisotopic (exact) mass is 483 g/mol. The molecule has 2 aromatic rings. The van der Waals surface area contributed by atoms with Crippen LogP contribution in [0.4, 0.5) is 17.1 Å². The summed E-state index contributed by atoms with van der Waals surface area (Å²) in [6.45, 7) is 1.79. The number of anilines is 3. The number of carbonyl (C=O) groups is 1. The lowest BCUT2D eigenvalue weighted by atomic mass is 10.1. The number of rotatable bonds is 4. The Hall–Kier alpha value is -2.00. The summed E-state index contributed by atoms with van der Waals surface area (Å²) in [6.07, 6.45) is 1.61. The summed E-state index contributed by atoms with van der Waals surface area (Å²) in [5, 5.41) is 13.2. The van der Waals surface area contributed by atoms with Crippen LogP contribution in [0, 0.1) is 0 Å². The fourth-order valence-electron chi connectivity index (χ4n) is 3.92. The van der Waals surface area contributed by atoms with Gasteiger partial charge in [-0.15, -0.1) is 0 Å². The topological polar surface area (TPSA) is 90.0 Å². The maximum Gasteiger partial charge on any atom is 0.257 e. The molecular formula is C21H23Cl2N3O4S. The maximum atomic E-state index is 13.0. The van der Waals surface area contributed by atoms with Gasteiger partial charge in [-0.2, -0.15) is 0 Å². The summed E-state index contributed by atoms with van der Waals surface area (Å²) >= 11 is 12.5. The number of hydrogen-bond donors (Lipinski definition) is 2. The van der Waals surface area contributed by atoms with E-state index in [-0.39, 0.29) is 22.4 Å². The van der Waals surface area contributed by atoms with Crippen molar-refractivity contribution in [3.63, 3.8) is 0 Å². The fourth-order valence-corrected chi connectivity index (χ4v) is 5.91. The molecule has 2 saturated heterocycles. The largest absolute Gasteiger partial charge is 0.393 e. The van der Waals surface area contributed by atoms with Gasteiger partial charge in [0.15, 0.2) is 0 Å². The van der Waals surface area contributed by atoms with E-state index in [0.29, 0.717) is 55.3 Å². The lowest BCUT2D eigenvalue weighted by molar-refractivity contribution is 0.102. The van der Waals surface area contributed by atoms with Gasteiger partial charge in [0.2, 0.25) is 10.0 Å². The normalized spacial score (nSPS) is 18.9. The molecule has 4 rings (SSSR count). The summed E-state index contributed by atoms with van der Waals surface area (Å²) in [6, 6.07) is 9.92. The van der Waals surface area contributed by atoms with E-state index in [1.807, 2.05) is 12.1 Å². The molecule has 2 aliphatic heterocycles. The molecule has 0 atom stereocenters. The SMILES string of the molecule is O=C(Nc1cc(Cl)cc(N2CCC(O)CC2)c1)c1cc(N2CCCS2(=O)=O)ccc1Cl. The molecule has 31 heavy (non-hydrogen) atoms. The van der Waals surface area contributed by atoms with Crippen LogP contribution in [-0.2, 0) is 10.0 Å². The zero-order valence-corrected chi connectivity index (χ0v) is 19.1. The molecule has 1 amide bonds. The molecule has 2 heterocycles. The van der Waals surface area contributed by atoms with Crippen molar-refractivity contribution in [2.75, 3.05) is 39.9 Å². The molecular weight excluding hydrogens is 461 g/mol. The van der Waals surface area contributed by atoms with Gasteiger partial charge in [0.05, 0.1) is 28.1 Å². The first-order valence-corrected chi connectivity index (χ1v) is 12.4. The second-order valence-electron chi connectivity index (χ2n) is 7.78. The second kappa shape index (κ2) is 8.86. The van der Waals surface area contributed by atoms with Crippen molar-refractivity contribution in [3.05, 3.63) is 52.0 Å². The Kier molecular flexibility index (Phi) is 6.35. The van der Waals surface area contributed by atoms with Gasteiger partial charge in [-0.25, -0.2) is 8.42 Å². The number of hydrogen-bond acceptors (Lipinski definition) is 5. The predicted molar refractivity (Wildman–Crippen MR) is 124 cm³/mol. The smallest absolute Gasteiger partial charge is 0.257 e. The highest BCUT2D eigenvalue weighted by Crippen LogP contribution is 2.31. The molecule has 0 aromatic heterocycles. The average Bonchev–Trinajstić information content (AvgIpc) is 3.07. The van der Waals surface area contributed by atoms with Gasteiger partial charge in [0.1, 0.15) is 0 Å². The molecule has 0 saturated carbocycles. The summed E-state index contributed by atoms with van der Waals surface area (Å²) < 4.78 is 25.8. The molecule has 7 nitrogen and oxygen atoms in total. The van der Waals surface area contributed by atoms with Crippen LogP contribution in [0.2, 0.25) is 10.0 Å². The minimum absolute atomic E-state index is 0.0932. The van der Waals surface area contributed by atoms with Gasteiger partial charge in [-0.3, -0.25) is 9.10 Å². The van der Waals surface area contributed by atoms with Crippen LogP contribution in [0.3, 0.4) is 0 Å². The number of aliphatic hydroxyl groups excluding tert-OH is 1. The highest BCUT2D eigenvalue weighted by molar-refractivity contribution is 7.93. The van der Waals surface area contributed by atoms with Crippen LogP contribution in [0.15, 0.2) is 36.4 Å². The number of amides is 1. The Bertz CT molecular complexity index is 1100. The van der Waals surface area contributed by atoms with Gasteiger partial charge in [-0.05, 0) is 55.7 Å². The summed E-state index contributed by atoms with van der Waals surface area (Å²) in [4.78, 5) is 15.1. The number of nitrogens with one attached hydrogen (secondary N) is 1. The number of piperidine rings is 1. The van der Waals surface area contributed by atoms with Crippen LogP contribution in [-0.4, -0.2) is 50.9 Å². The zero-order chi connectivity index (χ0) is 22.2. The van der Waals surface area contributed by atoms with Crippen molar-refractivity contribution >= 4 is 56.2 Å². The number of nitrogens with zero attached hydrogens (tertiary/aromatic N) is 2. The van der Waals surface area contributed by atoms with Crippen LogP contribution in [0.1, 0.15) is 29.6 Å². The predicted octanol–water partition coefficient (Wildman–Crippen LogP) is 3.75. The quantitative estimate of drug-likeness (QED) is 0.690. The molecule has 0 bridgehead atoms. The van der Waals surface area contributed by atoms with Gasteiger partial charge in [0.25, 0.3) is 5.91 Å². The van der Waals surface area contributed by atoms with E-state index in [9.17, 15) is 18.3 Å². The highest BCUT2D eigenvalue weighted by Gasteiger charge is 2.29. The molecule has 10 heteroatoms. The molecule has 166 valence electrons. The molecule has 0 radical (unpaired) electrons. The van der Waals surface area contributed by atoms with E-state index in [2.05, 4.69) is 10.2 Å². The number of benzene rings is 2. The van der Waals surface area contributed by atoms with E-state index in [1.165, 1.54) is 16.4 Å². The molecule has 0 unspecified atom stereocenters. The molecule has 0 aliphatic carbocycles. The lowest BCUT2D eigenvalue weighted by Crippen LogP contribution is -2.35. The third kappa shape index (κ3) is 4.92. The summed E-state index contributed by atoms with van der Waals surface area (Å²) in [7, 11) is -3.36. The van der Waals surface area contributed by atoms with Crippen LogP contribution in [0.5, 0.6) is 0 Å². The Balaban J connectivity index is 1.56. The Labute approximate surface area is 191 Å². The van der Waals surface area contributed by atoms with E-state index in [4.69, 9.17) is 23.2 Å². The van der Waals surface area contributed by atoms with Crippen LogP contribution < -0.4 is 14.5 Å². The van der Waals surface area contributed by atoms with Gasteiger partial charge >= 0.3 is 0 Å². The number of carbonyl (C=O) groups excluding carboxylic acids is 1. The van der Waals surface area contributed by atoms with Crippen LogP contribution in [0.25, 0.3) is 0 Å². The highest BCUT2D eigenvalue weighted by atomic mass is 35.5. The first kappa shape index (κ1) is 22.2. The van der Waals surface area contributed by atoms with E-state index < -0.39 is 15.9 Å².